The Hall–Kier alpha value is -1.95. The van der Waals surface area contributed by atoms with Crippen LogP contribution >= 0.6 is 11.6 Å². The number of hydrogen-bond acceptors (Lipinski definition) is 4. The van der Waals surface area contributed by atoms with E-state index < -0.39 is 5.97 Å². The molecule has 0 amide bonds. The Morgan fingerprint density at radius 2 is 2.24 bits per heavy atom. The molecule has 2 rings (SSSR count). The second kappa shape index (κ2) is 6.67. The van der Waals surface area contributed by atoms with Gasteiger partial charge < -0.3 is 5.11 Å². The third-order valence-electron chi connectivity index (χ3n) is 3.51. The van der Waals surface area contributed by atoms with Crippen molar-refractivity contribution in [3.63, 3.8) is 0 Å². The highest BCUT2D eigenvalue weighted by Crippen LogP contribution is 2.27. The van der Waals surface area contributed by atoms with Crippen LogP contribution in [0.4, 0.5) is 0 Å². The Kier molecular flexibility index (Phi) is 4.90. The first-order valence-electron chi connectivity index (χ1n) is 6.76. The quantitative estimate of drug-likeness (QED) is 0.887. The van der Waals surface area contributed by atoms with Gasteiger partial charge in [-0.25, -0.2) is 4.68 Å². The van der Waals surface area contributed by atoms with E-state index in [1.54, 1.807) is 4.68 Å². The number of rotatable bonds is 6. The maximum Gasteiger partial charge on any atom is 0.303 e. The van der Waals surface area contributed by atoms with E-state index in [1.807, 2.05) is 32.0 Å². The van der Waals surface area contributed by atoms with Crippen molar-refractivity contribution in [1.29, 1.82) is 0 Å². The van der Waals surface area contributed by atoms with E-state index in [2.05, 4.69) is 15.5 Å². The molecule has 1 heterocycles. The zero-order chi connectivity index (χ0) is 15.4. The SMILES string of the molecule is CCC(CC(=O)O)Cn1nnnc1-c1cccc(Cl)c1C. The van der Waals surface area contributed by atoms with Crippen LogP contribution in [0.1, 0.15) is 25.3 Å². The highest BCUT2D eigenvalue weighted by Gasteiger charge is 2.18. The molecule has 1 aromatic carbocycles. The summed E-state index contributed by atoms with van der Waals surface area (Å²) in [6.07, 6.45) is 0.852. The number of tetrazole rings is 1. The molecule has 0 saturated carbocycles. The van der Waals surface area contributed by atoms with Crippen LogP contribution in [0.3, 0.4) is 0 Å². The lowest BCUT2D eigenvalue weighted by molar-refractivity contribution is -0.138. The standard InChI is InChI=1S/C14H17ClN4O2/c1-3-10(7-13(20)21)8-19-14(16-17-18-19)11-5-4-6-12(15)9(11)2/h4-6,10H,3,7-8H2,1-2H3,(H,20,21). The van der Waals surface area contributed by atoms with Gasteiger partial charge >= 0.3 is 5.97 Å². The molecule has 1 atom stereocenters. The molecule has 1 unspecified atom stereocenters. The normalized spacial score (nSPS) is 12.3. The molecule has 112 valence electrons. The topological polar surface area (TPSA) is 80.9 Å². The van der Waals surface area contributed by atoms with Crippen molar-refractivity contribution < 1.29 is 9.90 Å². The number of carboxylic acids is 1. The summed E-state index contributed by atoms with van der Waals surface area (Å²) in [7, 11) is 0. The van der Waals surface area contributed by atoms with Gasteiger partial charge in [-0.1, -0.05) is 37.1 Å². The van der Waals surface area contributed by atoms with E-state index >= 15 is 0 Å². The van der Waals surface area contributed by atoms with Crippen molar-refractivity contribution in [2.45, 2.75) is 33.2 Å². The number of aromatic nitrogens is 4. The summed E-state index contributed by atoms with van der Waals surface area (Å²) < 4.78 is 1.65. The number of halogens is 1. The number of aliphatic carboxylic acids is 1. The first-order valence-corrected chi connectivity index (χ1v) is 7.14. The lowest BCUT2D eigenvalue weighted by atomic mass is 10.0. The second-order valence-corrected chi connectivity index (χ2v) is 5.38. The Morgan fingerprint density at radius 1 is 1.48 bits per heavy atom. The maximum atomic E-state index is 10.9. The average Bonchev–Trinajstić information content (AvgIpc) is 2.88. The van der Waals surface area contributed by atoms with Crippen LogP contribution in [0.5, 0.6) is 0 Å². The van der Waals surface area contributed by atoms with E-state index in [0.717, 1.165) is 17.5 Å². The van der Waals surface area contributed by atoms with Crippen molar-refractivity contribution in [2.24, 2.45) is 5.92 Å². The van der Waals surface area contributed by atoms with Crippen LogP contribution in [-0.4, -0.2) is 31.3 Å². The Labute approximate surface area is 127 Å². The van der Waals surface area contributed by atoms with E-state index in [9.17, 15) is 4.79 Å². The van der Waals surface area contributed by atoms with Crippen LogP contribution in [0.2, 0.25) is 5.02 Å². The first-order chi connectivity index (χ1) is 10.0. The van der Waals surface area contributed by atoms with Crippen molar-refractivity contribution in [1.82, 2.24) is 20.2 Å². The van der Waals surface area contributed by atoms with Gasteiger partial charge in [-0.2, -0.15) is 0 Å². The fraction of sp³-hybridized carbons (Fsp3) is 0.429. The molecule has 0 saturated heterocycles. The van der Waals surface area contributed by atoms with Crippen molar-refractivity contribution >= 4 is 17.6 Å². The van der Waals surface area contributed by atoms with Gasteiger partial charge in [0, 0.05) is 23.6 Å². The first kappa shape index (κ1) is 15.4. The number of carbonyl (C=O) groups is 1. The fourth-order valence-corrected chi connectivity index (χ4v) is 2.37. The van der Waals surface area contributed by atoms with Gasteiger partial charge in [-0.15, -0.1) is 5.10 Å². The lowest BCUT2D eigenvalue weighted by Crippen LogP contribution is -2.16. The molecule has 0 fully saturated rings. The fourth-order valence-electron chi connectivity index (χ4n) is 2.20. The highest BCUT2D eigenvalue weighted by molar-refractivity contribution is 6.31. The molecular formula is C14H17ClN4O2. The van der Waals surface area contributed by atoms with E-state index in [1.165, 1.54) is 0 Å². The molecule has 2 aromatic rings. The van der Waals surface area contributed by atoms with Crippen LogP contribution < -0.4 is 0 Å². The molecule has 0 bridgehead atoms. The molecule has 6 nitrogen and oxygen atoms in total. The minimum absolute atomic E-state index is 0.00996. The zero-order valence-electron chi connectivity index (χ0n) is 12.0. The molecule has 1 aromatic heterocycles. The van der Waals surface area contributed by atoms with E-state index in [4.69, 9.17) is 16.7 Å². The maximum absolute atomic E-state index is 10.9. The van der Waals surface area contributed by atoms with Crippen molar-refractivity contribution in [3.05, 3.63) is 28.8 Å². The summed E-state index contributed by atoms with van der Waals surface area (Å²) in [5.74, 6) is -0.210. The molecule has 0 spiro atoms. The average molecular weight is 309 g/mol. The predicted molar refractivity (Wildman–Crippen MR) is 79.0 cm³/mol. The third-order valence-corrected chi connectivity index (χ3v) is 3.92. The molecule has 0 aliphatic heterocycles. The van der Waals surface area contributed by atoms with Gasteiger partial charge in [0.05, 0.1) is 0 Å². The summed E-state index contributed by atoms with van der Waals surface area (Å²) >= 11 is 6.13. The molecular weight excluding hydrogens is 292 g/mol. The van der Waals surface area contributed by atoms with Gasteiger partial charge in [0.1, 0.15) is 0 Å². The largest absolute Gasteiger partial charge is 0.481 e. The number of nitrogens with zero attached hydrogens (tertiary/aromatic N) is 4. The van der Waals surface area contributed by atoms with Crippen LogP contribution in [0.15, 0.2) is 18.2 Å². The molecule has 21 heavy (non-hydrogen) atoms. The molecule has 0 aliphatic carbocycles. The highest BCUT2D eigenvalue weighted by atomic mass is 35.5. The summed E-state index contributed by atoms with van der Waals surface area (Å²) in [6, 6.07) is 5.56. The summed E-state index contributed by atoms with van der Waals surface area (Å²) in [5.41, 5.74) is 1.76. The van der Waals surface area contributed by atoms with E-state index in [-0.39, 0.29) is 12.3 Å². The van der Waals surface area contributed by atoms with Gasteiger partial charge in [-0.05, 0) is 34.9 Å². The number of carboxylic acid groups (broad SMARTS) is 1. The van der Waals surface area contributed by atoms with Crippen LogP contribution in [0.25, 0.3) is 11.4 Å². The Morgan fingerprint density at radius 3 is 2.90 bits per heavy atom. The van der Waals surface area contributed by atoms with Gasteiger partial charge in [0.2, 0.25) is 0 Å². The summed E-state index contributed by atoms with van der Waals surface area (Å²) in [6.45, 7) is 4.34. The van der Waals surface area contributed by atoms with Gasteiger partial charge in [-0.3, -0.25) is 4.79 Å². The van der Waals surface area contributed by atoms with Gasteiger partial charge in [0.15, 0.2) is 5.82 Å². The van der Waals surface area contributed by atoms with Crippen molar-refractivity contribution in [3.8, 4) is 11.4 Å². The van der Waals surface area contributed by atoms with Crippen molar-refractivity contribution in [2.75, 3.05) is 0 Å². The summed E-state index contributed by atoms with van der Waals surface area (Å²) in [4.78, 5) is 10.9. The molecule has 0 aliphatic rings. The monoisotopic (exact) mass is 308 g/mol. The van der Waals surface area contributed by atoms with E-state index in [0.29, 0.717) is 17.4 Å². The minimum atomic E-state index is -0.810. The van der Waals surface area contributed by atoms with Gasteiger partial charge in [0.25, 0.3) is 0 Å². The second-order valence-electron chi connectivity index (χ2n) is 4.97. The molecule has 1 N–H and O–H groups in total. The zero-order valence-corrected chi connectivity index (χ0v) is 12.7. The lowest BCUT2D eigenvalue weighted by Gasteiger charge is -2.14. The Balaban J connectivity index is 2.30. The van der Waals surface area contributed by atoms with Crippen LogP contribution in [0, 0.1) is 12.8 Å². The van der Waals surface area contributed by atoms with Crippen LogP contribution in [-0.2, 0) is 11.3 Å². The third kappa shape index (κ3) is 3.58. The number of benzene rings is 1. The smallest absolute Gasteiger partial charge is 0.303 e. The summed E-state index contributed by atoms with van der Waals surface area (Å²) in [5, 5.41) is 21.3. The Bertz CT molecular complexity index is 642. The predicted octanol–water partition coefficient (Wildman–Crippen LogP) is 2.80. The molecule has 0 radical (unpaired) electrons. The molecule has 7 heteroatoms. The number of hydrogen-bond donors (Lipinski definition) is 1. The minimum Gasteiger partial charge on any atom is -0.481 e.